The van der Waals surface area contributed by atoms with E-state index >= 15 is 0 Å². The van der Waals surface area contributed by atoms with Gasteiger partial charge in [-0.2, -0.15) is 0 Å². The molecule has 7 heteroatoms. The number of carboxylic acids is 1. The highest BCUT2D eigenvalue weighted by Gasteiger charge is 2.29. The largest absolute Gasteiger partial charge is 0.480 e. The number of rotatable bonds is 4. The van der Waals surface area contributed by atoms with E-state index in [0.29, 0.717) is 19.1 Å². The van der Waals surface area contributed by atoms with Crippen LogP contribution in [0.15, 0.2) is 0 Å². The molecule has 0 radical (unpaired) electrons. The number of aliphatic hydroxyl groups is 1. The molecule has 0 spiro atoms. The van der Waals surface area contributed by atoms with Crippen molar-refractivity contribution in [3.05, 3.63) is 0 Å². The molecule has 1 aliphatic carbocycles. The van der Waals surface area contributed by atoms with Crippen molar-refractivity contribution in [3.8, 4) is 0 Å². The van der Waals surface area contributed by atoms with Gasteiger partial charge in [-0.15, -0.1) is 0 Å². The van der Waals surface area contributed by atoms with Crippen molar-refractivity contribution in [3.63, 3.8) is 0 Å². The zero-order valence-corrected chi connectivity index (χ0v) is 11.6. The number of aliphatic carboxylic acids is 1. The molecule has 2 aliphatic rings. The Bertz CT molecular complexity index is 350. The first-order valence-corrected chi connectivity index (χ1v) is 7.25. The van der Waals surface area contributed by atoms with Gasteiger partial charge in [-0.05, 0) is 12.8 Å². The molecule has 114 valence electrons. The van der Waals surface area contributed by atoms with Crippen LogP contribution in [-0.2, 0) is 4.79 Å². The zero-order chi connectivity index (χ0) is 14.5. The number of hydrogen-bond donors (Lipinski definition) is 3. The third-order valence-corrected chi connectivity index (χ3v) is 4.22. The van der Waals surface area contributed by atoms with Crippen molar-refractivity contribution in [2.75, 3.05) is 32.8 Å². The van der Waals surface area contributed by atoms with E-state index in [9.17, 15) is 9.59 Å². The molecule has 2 rings (SSSR count). The predicted molar refractivity (Wildman–Crippen MR) is 72.4 cm³/mol. The second kappa shape index (κ2) is 6.90. The molecular formula is C13H23N3O4. The fourth-order valence-electron chi connectivity index (χ4n) is 2.99. The molecule has 1 aliphatic heterocycles. The lowest BCUT2D eigenvalue weighted by Crippen LogP contribution is -2.56. The molecule has 3 N–H and O–H groups in total. The SMILES string of the molecule is O=C(O)C(CO)NC(=O)N1CCN(C2CCCC2)CC1. The van der Waals surface area contributed by atoms with E-state index in [1.54, 1.807) is 4.90 Å². The predicted octanol–water partition coefficient (Wildman–Crippen LogP) is -0.298. The molecule has 20 heavy (non-hydrogen) atoms. The molecule has 2 fully saturated rings. The summed E-state index contributed by atoms with van der Waals surface area (Å²) in [4.78, 5) is 26.7. The van der Waals surface area contributed by atoms with Crippen LogP contribution in [0, 0.1) is 0 Å². The van der Waals surface area contributed by atoms with Crippen molar-refractivity contribution in [2.24, 2.45) is 0 Å². The van der Waals surface area contributed by atoms with Crippen LogP contribution in [0.2, 0.25) is 0 Å². The quantitative estimate of drug-likeness (QED) is 0.659. The van der Waals surface area contributed by atoms with Crippen molar-refractivity contribution in [1.82, 2.24) is 15.1 Å². The number of aliphatic hydroxyl groups excluding tert-OH is 1. The molecule has 0 aromatic rings. The second-order valence-electron chi connectivity index (χ2n) is 5.48. The van der Waals surface area contributed by atoms with Crippen molar-refractivity contribution < 1.29 is 19.8 Å². The highest BCUT2D eigenvalue weighted by Crippen LogP contribution is 2.24. The van der Waals surface area contributed by atoms with Crippen LogP contribution in [-0.4, -0.2) is 76.9 Å². The maximum atomic E-state index is 11.9. The first-order valence-electron chi connectivity index (χ1n) is 7.25. The van der Waals surface area contributed by atoms with Gasteiger partial charge in [-0.25, -0.2) is 9.59 Å². The average Bonchev–Trinajstić information content (AvgIpc) is 2.98. The summed E-state index contributed by atoms with van der Waals surface area (Å²) >= 11 is 0. The van der Waals surface area contributed by atoms with Crippen LogP contribution < -0.4 is 5.32 Å². The van der Waals surface area contributed by atoms with Crippen molar-refractivity contribution in [2.45, 2.75) is 37.8 Å². The van der Waals surface area contributed by atoms with Crippen LogP contribution in [0.5, 0.6) is 0 Å². The highest BCUT2D eigenvalue weighted by atomic mass is 16.4. The van der Waals surface area contributed by atoms with Gasteiger partial charge < -0.3 is 20.4 Å². The number of carbonyl (C=O) groups excluding carboxylic acids is 1. The third-order valence-electron chi connectivity index (χ3n) is 4.22. The molecule has 7 nitrogen and oxygen atoms in total. The van der Waals surface area contributed by atoms with Gasteiger partial charge in [-0.3, -0.25) is 4.90 Å². The molecule has 1 saturated carbocycles. The van der Waals surface area contributed by atoms with Crippen LogP contribution in [0.4, 0.5) is 4.79 Å². The minimum absolute atomic E-state index is 0.405. The van der Waals surface area contributed by atoms with Crippen LogP contribution in [0.1, 0.15) is 25.7 Å². The molecule has 1 saturated heterocycles. The number of urea groups is 1. The summed E-state index contributed by atoms with van der Waals surface area (Å²) in [6.07, 6.45) is 5.08. The lowest BCUT2D eigenvalue weighted by Gasteiger charge is -2.38. The zero-order valence-electron chi connectivity index (χ0n) is 11.6. The molecule has 0 aromatic carbocycles. The Morgan fingerprint density at radius 1 is 1.15 bits per heavy atom. The number of nitrogens with one attached hydrogen (secondary N) is 1. The van der Waals surface area contributed by atoms with Gasteiger partial charge in [0, 0.05) is 32.2 Å². The standard InChI is InChI=1S/C13H23N3O4/c17-9-11(12(18)19)14-13(20)16-7-5-15(6-8-16)10-3-1-2-4-10/h10-11,17H,1-9H2,(H,14,20)(H,18,19). The summed E-state index contributed by atoms with van der Waals surface area (Å²) in [6, 6.07) is -0.975. The van der Waals surface area contributed by atoms with E-state index in [1.807, 2.05) is 0 Å². The lowest BCUT2D eigenvalue weighted by atomic mass is 10.2. The Balaban J connectivity index is 1.77. The summed E-state index contributed by atoms with van der Waals surface area (Å²) in [5.41, 5.74) is 0. The summed E-state index contributed by atoms with van der Waals surface area (Å²) in [5, 5.41) is 20.1. The monoisotopic (exact) mass is 285 g/mol. The number of carbonyl (C=O) groups is 2. The maximum Gasteiger partial charge on any atom is 0.328 e. The summed E-state index contributed by atoms with van der Waals surface area (Å²) < 4.78 is 0. The normalized spacial score (nSPS) is 22.8. The Labute approximate surface area is 118 Å². The highest BCUT2D eigenvalue weighted by molar-refractivity contribution is 5.82. The summed E-state index contributed by atoms with van der Waals surface area (Å²) in [7, 11) is 0. The van der Waals surface area contributed by atoms with Gasteiger partial charge in [0.2, 0.25) is 0 Å². The number of hydrogen-bond acceptors (Lipinski definition) is 4. The molecule has 1 atom stereocenters. The topological polar surface area (TPSA) is 93.1 Å². The Morgan fingerprint density at radius 2 is 1.75 bits per heavy atom. The van der Waals surface area contributed by atoms with E-state index in [-0.39, 0.29) is 0 Å². The number of amides is 2. The minimum atomic E-state index is -1.23. The Kier molecular flexibility index (Phi) is 5.19. The maximum absolute atomic E-state index is 11.9. The fourth-order valence-corrected chi connectivity index (χ4v) is 2.99. The lowest BCUT2D eigenvalue weighted by molar-refractivity contribution is -0.140. The first-order chi connectivity index (χ1) is 9.61. The fraction of sp³-hybridized carbons (Fsp3) is 0.846. The molecule has 0 aromatic heterocycles. The smallest absolute Gasteiger partial charge is 0.328 e. The van der Waals surface area contributed by atoms with E-state index < -0.39 is 24.6 Å². The molecule has 1 unspecified atom stereocenters. The summed E-state index contributed by atoms with van der Waals surface area (Å²) in [5.74, 6) is -1.22. The third kappa shape index (κ3) is 3.61. The second-order valence-corrected chi connectivity index (χ2v) is 5.48. The van der Waals surface area contributed by atoms with E-state index in [4.69, 9.17) is 10.2 Å². The molecule has 0 bridgehead atoms. The molecule has 1 heterocycles. The van der Waals surface area contributed by atoms with Crippen LogP contribution >= 0.6 is 0 Å². The first kappa shape index (κ1) is 15.1. The average molecular weight is 285 g/mol. The van der Waals surface area contributed by atoms with Crippen molar-refractivity contribution >= 4 is 12.0 Å². The van der Waals surface area contributed by atoms with Gasteiger partial charge in [0.25, 0.3) is 0 Å². The van der Waals surface area contributed by atoms with Crippen LogP contribution in [0.25, 0.3) is 0 Å². The van der Waals surface area contributed by atoms with E-state index in [2.05, 4.69) is 10.2 Å². The molecular weight excluding hydrogens is 262 g/mol. The number of carboxylic acid groups (broad SMARTS) is 1. The van der Waals surface area contributed by atoms with Gasteiger partial charge in [0.05, 0.1) is 6.61 Å². The Morgan fingerprint density at radius 3 is 2.25 bits per heavy atom. The minimum Gasteiger partial charge on any atom is -0.480 e. The summed E-state index contributed by atoms with van der Waals surface area (Å²) in [6.45, 7) is 2.31. The number of piperazine rings is 1. The van der Waals surface area contributed by atoms with Crippen LogP contribution in [0.3, 0.4) is 0 Å². The van der Waals surface area contributed by atoms with E-state index in [0.717, 1.165) is 13.1 Å². The molecule has 2 amide bonds. The van der Waals surface area contributed by atoms with E-state index in [1.165, 1.54) is 25.7 Å². The van der Waals surface area contributed by atoms with Gasteiger partial charge >= 0.3 is 12.0 Å². The van der Waals surface area contributed by atoms with Crippen molar-refractivity contribution in [1.29, 1.82) is 0 Å². The van der Waals surface area contributed by atoms with Gasteiger partial charge in [0.15, 0.2) is 6.04 Å². The Hall–Kier alpha value is -1.34. The van der Waals surface area contributed by atoms with Gasteiger partial charge in [-0.1, -0.05) is 12.8 Å². The van der Waals surface area contributed by atoms with Gasteiger partial charge in [0.1, 0.15) is 0 Å². The number of nitrogens with zero attached hydrogens (tertiary/aromatic N) is 2.